The van der Waals surface area contributed by atoms with Crippen LogP contribution in [0.25, 0.3) is 0 Å². The predicted octanol–water partition coefficient (Wildman–Crippen LogP) is 1.50. The van der Waals surface area contributed by atoms with Crippen LogP contribution in [0.3, 0.4) is 0 Å². The van der Waals surface area contributed by atoms with Crippen LogP contribution in [0.2, 0.25) is 0 Å². The van der Waals surface area contributed by atoms with Gasteiger partial charge in [0.05, 0.1) is 10.6 Å². The van der Waals surface area contributed by atoms with Crippen LogP contribution < -0.4 is 11.1 Å². The third kappa shape index (κ3) is 2.89. The van der Waals surface area contributed by atoms with Gasteiger partial charge in [0.25, 0.3) is 11.6 Å². The number of nitro benzene ring substituents is 1. The van der Waals surface area contributed by atoms with Crippen LogP contribution in [-0.2, 0) is 6.54 Å². The molecule has 1 heterocycles. The Morgan fingerprint density at radius 2 is 2.05 bits per heavy atom. The van der Waals surface area contributed by atoms with Gasteiger partial charge in [0.15, 0.2) is 5.69 Å². The molecule has 3 N–H and O–H groups in total. The van der Waals surface area contributed by atoms with E-state index in [1.807, 2.05) is 0 Å². The summed E-state index contributed by atoms with van der Waals surface area (Å²) in [6.45, 7) is 0.0337. The van der Waals surface area contributed by atoms with Crippen molar-refractivity contribution in [3.8, 4) is 0 Å². The number of hydrogen-bond acceptors (Lipinski definition) is 5. The molecule has 0 aliphatic carbocycles. The lowest BCUT2D eigenvalue weighted by Crippen LogP contribution is -2.25. The van der Waals surface area contributed by atoms with E-state index < -0.39 is 10.8 Å². The lowest BCUT2D eigenvalue weighted by atomic mass is 10.2. The third-order valence-electron chi connectivity index (χ3n) is 2.68. The molecule has 7 heteroatoms. The van der Waals surface area contributed by atoms with Gasteiger partial charge < -0.3 is 11.1 Å². The number of carbonyl (C=O) groups excluding carboxylic acids is 1. The van der Waals surface area contributed by atoms with Crippen molar-refractivity contribution in [3.63, 3.8) is 0 Å². The molecule has 1 aromatic carbocycles. The Labute approximate surface area is 114 Å². The maximum atomic E-state index is 11.9. The minimum absolute atomic E-state index is 0.0337. The lowest BCUT2D eigenvalue weighted by molar-refractivity contribution is -0.385. The first kappa shape index (κ1) is 13.5. The van der Waals surface area contributed by atoms with Gasteiger partial charge in [-0.05, 0) is 12.1 Å². The largest absolute Gasteiger partial charge is 0.397 e. The summed E-state index contributed by atoms with van der Waals surface area (Å²) in [6, 6.07) is 9.39. The maximum absolute atomic E-state index is 11.9. The fourth-order valence-electron chi connectivity index (χ4n) is 1.71. The molecule has 20 heavy (non-hydrogen) atoms. The number of amides is 1. The van der Waals surface area contributed by atoms with E-state index in [1.54, 1.807) is 30.3 Å². The summed E-state index contributed by atoms with van der Waals surface area (Å²) >= 11 is 0. The lowest BCUT2D eigenvalue weighted by Gasteiger charge is -2.07. The molecular weight excluding hydrogens is 260 g/mol. The molecule has 0 atom stereocenters. The molecular formula is C13H12N4O3. The van der Waals surface area contributed by atoms with E-state index >= 15 is 0 Å². The van der Waals surface area contributed by atoms with E-state index in [0.29, 0.717) is 5.56 Å². The van der Waals surface area contributed by atoms with Crippen LogP contribution >= 0.6 is 0 Å². The monoisotopic (exact) mass is 272 g/mol. The summed E-state index contributed by atoms with van der Waals surface area (Å²) in [5.41, 5.74) is 6.37. The Balaban J connectivity index is 2.12. The van der Waals surface area contributed by atoms with Gasteiger partial charge in [0.1, 0.15) is 0 Å². The highest BCUT2D eigenvalue weighted by atomic mass is 16.6. The second kappa shape index (κ2) is 5.79. The summed E-state index contributed by atoms with van der Waals surface area (Å²) in [5.74, 6) is -0.471. The summed E-state index contributed by atoms with van der Waals surface area (Å²) < 4.78 is 0. The molecule has 0 saturated heterocycles. The van der Waals surface area contributed by atoms with E-state index in [0.717, 1.165) is 0 Å². The number of nitrogens with zero attached hydrogens (tertiary/aromatic N) is 2. The Kier molecular flexibility index (Phi) is 3.90. The summed E-state index contributed by atoms with van der Waals surface area (Å²) in [4.78, 5) is 26.1. The topological polar surface area (TPSA) is 111 Å². The van der Waals surface area contributed by atoms with Crippen LogP contribution in [0.4, 0.5) is 11.4 Å². The zero-order chi connectivity index (χ0) is 14.5. The highest BCUT2D eigenvalue weighted by Crippen LogP contribution is 2.17. The number of nitro groups is 1. The molecule has 1 amide bonds. The van der Waals surface area contributed by atoms with Crippen LogP contribution in [0.5, 0.6) is 0 Å². The van der Waals surface area contributed by atoms with Crippen molar-refractivity contribution in [2.24, 2.45) is 0 Å². The Morgan fingerprint density at radius 1 is 1.30 bits per heavy atom. The second-order valence-corrected chi connectivity index (χ2v) is 4.01. The quantitative estimate of drug-likeness (QED) is 0.647. The van der Waals surface area contributed by atoms with Gasteiger partial charge in [0.2, 0.25) is 0 Å². The normalized spacial score (nSPS) is 10.0. The van der Waals surface area contributed by atoms with Gasteiger partial charge in [-0.3, -0.25) is 14.9 Å². The molecule has 0 fully saturated rings. The minimum Gasteiger partial charge on any atom is -0.397 e. The van der Waals surface area contributed by atoms with Crippen LogP contribution in [0.15, 0.2) is 42.6 Å². The van der Waals surface area contributed by atoms with Crippen molar-refractivity contribution in [2.75, 3.05) is 5.73 Å². The fraction of sp³-hybridized carbons (Fsp3) is 0.0769. The first-order valence-electron chi connectivity index (χ1n) is 5.80. The summed E-state index contributed by atoms with van der Waals surface area (Å²) in [7, 11) is 0. The van der Waals surface area contributed by atoms with Gasteiger partial charge >= 0.3 is 0 Å². The average molecular weight is 272 g/mol. The minimum atomic E-state index is -0.489. The van der Waals surface area contributed by atoms with E-state index in [1.165, 1.54) is 12.3 Å². The van der Waals surface area contributed by atoms with Gasteiger partial charge in [-0.2, -0.15) is 0 Å². The number of para-hydroxylation sites is 1. The molecule has 0 spiro atoms. The van der Waals surface area contributed by atoms with Crippen LogP contribution in [0.1, 0.15) is 16.1 Å². The fourth-order valence-corrected chi connectivity index (χ4v) is 1.71. The number of pyridine rings is 1. The van der Waals surface area contributed by atoms with Crippen molar-refractivity contribution in [2.45, 2.75) is 6.54 Å². The zero-order valence-corrected chi connectivity index (χ0v) is 10.4. The number of carbonyl (C=O) groups is 1. The Bertz CT molecular complexity index is 658. The number of benzene rings is 1. The first-order valence-corrected chi connectivity index (χ1v) is 5.80. The molecule has 0 radical (unpaired) electrons. The molecule has 2 rings (SSSR count). The van der Waals surface area contributed by atoms with Gasteiger partial charge in [-0.15, -0.1) is 0 Å². The standard InChI is InChI=1S/C13H12N4O3/c14-10-5-3-7-15-12(10)13(18)16-8-9-4-1-2-6-11(9)17(19)20/h1-7H,8,14H2,(H,16,18). The zero-order valence-electron chi connectivity index (χ0n) is 10.4. The Hall–Kier alpha value is -2.96. The maximum Gasteiger partial charge on any atom is 0.274 e. The molecule has 0 aliphatic rings. The number of nitrogens with one attached hydrogen (secondary N) is 1. The highest BCUT2D eigenvalue weighted by molar-refractivity contribution is 5.96. The van der Waals surface area contributed by atoms with Crippen molar-refractivity contribution >= 4 is 17.3 Å². The van der Waals surface area contributed by atoms with Gasteiger partial charge in [-0.1, -0.05) is 18.2 Å². The Morgan fingerprint density at radius 3 is 2.75 bits per heavy atom. The number of nitrogen functional groups attached to an aromatic ring is 1. The number of anilines is 1. The third-order valence-corrected chi connectivity index (χ3v) is 2.68. The van der Waals surface area contributed by atoms with Crippen molar-refractivity contribution in [1.82, 2.24) is 10.3 Å². The van der Waals surface area contributed by atoms with Crippen LogP contribution in [0, 0.1) is 10.1 Å². The van der Waals surface area contributed by atoms with Crippen molar-refractivity contribution in [3.05, 3.63) is 64.0 Å². The molecule has 102 valence electrons. The van der Waals surface area contributed by atoms with Gasteiger partial charge in [0, 0.05) is 24.4 Å². The number of rotatable bonds is 4. The molecule has 0 saturated carbocycles. The van der Waals surface area contributed by atoms with E-state index in [-0.39, 0.29) is 23.6 Å². The molecule has 0 bridgehead atoms. The molecule has 7 nitrogen and oxygen atoms in total. The summed E-state index contributed by atoms with van der Waals surface area (Å²) in [5, 5.41) is 13.4. The smallest absolute Gasteiger partial charge is 0.274 e. The highest BCUT2D eigenvalue weighted by Gasteiger charge is 2.15. The van der Waals surface area contributed by atoms with Crippen molar-refractivity contribution < 1.29 is 9.72 Å². The number of aromatic nitrogens is 1. The first-order chi connectivity index (χ1) is 9.59. The summed E-state index contributed by atoms with van der Waals surface area (Å²) in [6.07, 6.45) is 1.45. The SMILES string of the molecule is Nc1cccnc1C(=O)NCc1ccccc1[N+](=O)[O-]. The average Bonchev–Trinajstić information content (AvgIpc) is 2.45. The molecule has 0 unspecified atom stereocenters. The van der Waals surface area contributed by atoms with Gasteiger partial charge in [-0.25, -0.2) is 4.98 Å². The number of hydrogen-bond donors (Lipinski definition) is 2. The molecule has 2 aromatic rings. The predicted molar refractivity (Wildman–Crippen MR) is 72.9 cm³/mol. The molecule has 1 aromatic heterocycles. The van der Waals surface area contributed by atoms with Crippen molar-refractivity contribution in [1.29, 1.82) is 0 Å². The molecule has 0 aliphatic heterocycles. The van der Waals surface area contributed by atoms with E-state index in [9.17, 15) is 14.9 Å². The second-order valence-electron chi connectivity index (χ2n) is 4.01. The number of nitrogens with two attached hydrogens (primary N) is 1. The van der Waals surface area contributed by atoms with E-state index in [2.05, 4.69) is 10.3 Å². The van der Waals surface area contributed by atoms with Crippen LogP contribution in [-0.4, -0.2) is 15.8 Å². The van der Waals surface area contributed by atoms with E-state index in [4.69, 9.17) is 5.73 Å².